The van der Waals surface area contributed by atoms with Gasteiger partial charge in [0.1, 0.15) is 12.4 Å². The molecule has 0 bridgehead atoms. The molecule has 0 saturated carbocycles. The highest BCUT2D eigenvalue weighted by atomic mass is 16.6. The summed E-state index contributed by atoms with van der Waals surface area (Å²) in [6.07, 6.45) is 1.42. The fraction of sp³-hybridized carbons (Fsp3) is 0.389. The minimum atomic E-state index is -0.249. The van der Waals surface area contributed by atoms with Gasteiger partial charge in [0.2, 0.25) is 0 Å². The second-order valence-corrected chi connectivity index (χ2v) is 6.08. The highest BCUT2D eigenvalue weighted by Gasteiger charge is 2.22. The van der Waals surface area contributed by atoms with Crippen LogP contribution in [0.25, 0.3) is 0 Å². The first-order valence-electron chi connectivity index (χ1n) is 8.23. The van der Waals surface area contributed by atoms with Gasteiger partial charge >= 0.3 is 6.03 Å². The van der Waals surface area contributed by atoms with Crippen LogP contribution in [0.15, 0.2) is 47.1 Å². The molecular weight excluding hydrogens is 322 g/mol. The maximum atomic E-state index is 12.1. The van der Waals surface area contributed by atoms with Gasteiger partial charge in [-0.25, -0.2) is 4.79 Å². The summed E-state index contributed by atoms with van der Waals surface area (Å²) in [4.78, 5) is 14.1. The van der Waals surface area contributed by atoms with Gasteiger partial charge in [0.15, 0.2) is 17.6 Å². The van der Waals surface area contributed by atoms with Crippen molar-refractivity contribution in [1.82, 2.24) is 15.5 Å². The zero-order valence-electron chi connectivity index (χ0n) is 14.4. The van der Waals surface area contributed by atoms with Gasteiger partial charge in [0.25, 0.3) is 0 Å². The van der Waals surface area contributed by atoms with Crippen molar-refractivity contribution in [2.24, 2.45) is 0 Å². The monoisotopic (exact) mass is 345 g/mol. The SMILES string of the molecule is CN(C)[C@H](CNC(=O)NC[C@H]1COc2ccccc2O1)c1ccco1. The van der Waals surface area contributed by atoms with Gasteiger partial charge in [-0.05, 0) is 38.4 Å². The lowest BCUT2D eigenvalue weighted by Gasteiger charge is -2.27. The standard InChI is InChI=1S/C18H23N3O4/c1-21(2)14(15-8-5-9-23-15)11-20-18(22)19-10-13-12-24-16-6-3-4-7-17(16)25-13/h3-9,13-14H,10-12H2,1-2H3,(H2,19,20,22)/t13-,14+/m0/s1. The van der Waals surface area contributed by atoms with Crippen LogP contribution in [-0.4, -0.2) is 50.8 Å². The summed E-state index contributed by atoms with van der Waals surface area (Å²) in [6, 6.07) is 11.0. The first kappa shape index (κ1) is 17.2. The molecule has 2 N–H and O–H groups in total. The lowest BCUT2D eigenvalue weighted by Crippen LogP contribution is -2.46. The predicted molar refractivity (Wildman–Crippen MR) is 92.9 cm³/mol. The highest BCUT2D eigenvalue weighted by molar-refractivity contribution is 5.73. The van der Waals surface area contributed by atoms with E-state index in [9.17, 15) is 4.79 Å². The number of hydrogen-bond donors (Lipinski definition) is 2. The molecule has 1 aromatic heterocycles. The minimum Gasteiger partial charge on any atom is -0.486 e. The maximum Gasteiger partial charge on any atom is 0.314 e. The number of nitrogens with one attached hydrogen (secondary N) is 2. The average molecular weight is 345 g/mol. The van der Waals surface area contributed by atoms with Crippen LogP contribution in [-0.2, 0) is 0 Å². The van der Waals surface area contributed by atoms with Crippen LogP contribution in [0, 0.1) is 0 Å². The van der Waals surface area contributed by atoms with E-state index in [2.05, 4.69) is 10.6 Å². The van der Waals surface area contributed by atoms with E-state index < -0.39 is 0 Å². The molecular formula is C18H23N3O4. The van der Waals surface area contributed by atoms with Crippen molar-refractivity contribution >= 4 is 6.03 Å². The van der Waals surface area contributed by atoms with Crippen molar-refractivity contribution in [2.75, 3.05) is 33.8 Å². The Balaban J connectivity index is 1.44. The Bertz CT molecular complexity index is 687. The Labute approximate surface area is 146 Å². The minimum absolute atomic E-state index is 0.0260. The molecule has 2 amide bonds. The zero-order valence-corrected chi connectivity index (χ0v) is 14.4. The van der Waals surface area contributed by atoms with Crippen LogP contribution in [0.3, 0.4) is 0 Å². The third kappa shape index (κ3) is 4.45. The second kappa shape index (κ2) is 7.94. The Morgan fingerprint density at radius 1 is 1.20 bits per heavy atom. The molecule has 0 aliphatic carbocycles. The van der Waals surface area contributed by atoms with Crippen LogP contribution in [0.2, 0.25) is 0 Å². The molecule has 2 aromatic rings. The van der Waals surface area contributed by atoms with E-state index >= 15 is 0 Å². The largest absolute Gasteiger partial charge is 0.486 e. The summed E-state index contributed by atoms with van der Waals surface area (Å²) in [5.41, 5.74) is 0. The Hall–Kier alpha value is -2.67. The molecule has 0 unspecified atom stereocenters. The lowest BCUT2D eigenvalue weighted by molar-refractivity contribution is 0.0917. The Morgan fingerprint density at radius 3 is 2.72 bits per heavy atom. The average Bonchev–Trinajstić information content (AvgIpc) is 3.14. The normalized spacial score (nSPS) is 17.2. The molecule has 134 valence electrons. The van der Waals surface area contributed by atoms with Crippen molar-refractivity contribution in [3.05, 3.63) is 48.4 Å². The number of nitrogens with zero attached hydrogens (tertiary/aromatic N) is 1. The molecule has 1 aliphatic rings. The summed E-state index contributed by atoms with van der Waals surface area (Å²) in [6.45, 7) is 1.22. The van der Waals surface area contributed by atoms with E-state index in [1.165, 1.54) is 0 Å². The molecule has 0 spiro atoms. The van der Waals surface area contributed by atoms with E-state index in [1.807, 2.05) is 55.4 Å². The Kier molecular flexibility index (Phi) is 5.45. The van der Waals surface area contributed by atoms with E-state index in [0.29, 0.717) is 25.4 Å². The molecule has 1 aliphatic heterocycles. The van der Waals surface area contributed by atoms with E-state index in [-0.39, 0.29) is 18.2 Å². The number of benzene rings is 1. The van der Waals surface area contributed by atoms with Crippen LogP contribution in [0.5, 0.6) is 11.5 Å². The number of para-hydroxylation sites is 2. The van der Waals surface area contributed by atoms with Crippen LogP contribution in [0.4, 0.5) is 4.79 Å². The molecule has 3 rings (SSSR count). The highest BCUT2D eigenvalue weighted by Crippen LogP contribution is 2.30. The van der Waals surface area contributed by atoms with Crippen LogP contribution < -0.4 is 20.1 Å². The van der Waals surface area contributed by atoms with Crippen molar-refractivity contribution in [3.63, 3.8) is 0 Å². The van der Waals surface area contributed by atoms with E-state index in [0.717, 1.165) is 11.5 Å². The molecule has 7 nitrogen and oxygen atoms in total. The van der Waals surface area contributed by atoms with Gasteiger partial charge in [-0.3, -0.25) is 4.90 Å². The van der Waals surface area contributed by atoms with Gasteiger partial charge < -0.3 is 24.5 Å². The predicted octanol–water partition coefficient (Wildman–Crippen LogP) is 2.02. The molecule has 2 heterocycles. The van der Waals surface area contributed by atoms with Gasteiger partial charge in [-0.1, -0.05) is 12.1 Å². The number of amides is 2. The number of rotatable bonds is 6. The number of fused-ring (bicyclic) bond motifs is 1. The first-order chi connectivity index (χ1) is 12.1. The maximum absolute atomic E-state index is 12.1. The summed E-state index contributed by atoms with van der Waals surface area (Å²) in [7, 11) is 3.88. The number of hydrogen-bond acceptors (Lipinski definition) is 5. The summed E-state index contributed by atoms with van der Waals surface area (Å²) < 4.78 is 16.9. The summed E-state index contributed by atoms with van der Waals surface area (Å²) in [5, 5.41) is 5.68. The molecule has 2 atom stereocenters. The summed E-state index contributed by atoms with van der Waals surface area (Å²) >= 11 is 0. The van der Waals surface area contributed by atoms with Crippen molar-refractivity contribution < 1.29 is 18.7 Å². The Morgan fingerprint density at radius 2 is 2.00 bits per heavy atom. The fourth-order valence-electron chi connectivity index (χ4n) is 2.64. The topological polar surface area (TPSA) is 76.0 Å². The molecule has 0 radical (unpaired) electrons. The number of carbonyl (C=O) groups is 1. The third-order valence-corrected chi connectivity index (χ3v) is 4.01. The number of likely N-dealkylation sites (N-methyl/N-ethyl adjacent to an activating group) is 1. The quantitative estimate of drug-likeness (QED) is 0.838. The van der Waals surface area contributed by atoms with E-state index in [1.54, 1.807) is 6.26 Å². The molecule has 25 heavy (non-hydrogen) atoms. The van der Waals surface area contributed by atoms with E-state index in [4.69, 9.17) is 13.9 Å². The third-order valence-electron chi connectivity index (χ3n) is 4.01. The lowest BCUT2D eigenvalue weighted by atomic mass is 10.2. The molecule has 0 saturated heterocycles. The molecule has 0 fully saturated rings. The first-order valence-corrected chi connectivity index (χ1v) is 8.23. The van der Waals surface area contributed by atoms with Crippen molar-refractivity contribution in [3.8, 4) is 11.5 Å². The number of ether oxygens (including phenoxy) is 2. The van der Waals surface area contributed by atoms with Gasteiger partial charge in [0.05, 0.1) is 18.8 Å². The van der Waals surface area contributed by atoms with Crippen LogP contribution in [0.1, 0.15) is 11.8 Å². The smallest absolute Gasteiger partial charge is 0.314 e. The molecule has 7 heteroatoms. The van der Waals surface area contributed by atoms with Gasteiger partial charge in [-0.2, -0.15) is 0 Å². The second-order valence-electron chi connectivity index (χ2n) is 6.08. The number of urea groups is 1. The van der Waals surface area contributed by atoms with Gasteiger partial charge in [0, 0.05) is 6.54 Å². The number of carbonyl (C=O) groups excluding carboxylic acids is 1. The van der Waals surface area contributed by atoms with Crippen molar-refractivity contribution in [2.45, 2.75) is 12.1 Å². The zero-order chi connectivity index (χ0) is 17.6. The molecule has 1 aromatic carbocycles. The van der Waals surface area contributed by atoms with Gasteiger partial charge in [-0.15, -0.1) is 0 Å². The number of furan rings is 1. The fourth-order valence-corrected chi connectivity index (χ4v) is 2.64. The summed E-state index contributed by atoms with van der Waals surface area (Å²) in [5.74, 6) is 2.24. The van der Waals surface area contributed by atoms with Crippen molar-refractivity contribution in [1.29, 1.82) is 0 Å². The van der Waals surface area contributed by atoms with Crippen LogP contribution >= 0.6 is 0 Å².